The van der Waals surface area contributed by atoms with E-state index in [9.17, 15) is 9.59 Å². The summed E-state index contributed by atoms with van der Waals surface area (Å²) in [6.45, 7) is 1.74. The Morgan fingerprint density at radius 2 is 1.84 bits per heavy atom. The second kappa shape index (κ2) is 9.47. The lowest BCUT2D eigenvalue weighted by atomic mass is 10.1. The molecule has 2 aromatic rings. The smallest absolute Gasteiger partial charge is 0.343 e. The van der Waals surface area contributed by atoms with E-state index in [0.717, 1.165) is 24.1 Å². The topological polar surface area (TPSA) is 64.6 Å². The van der Waals surface area contributed by atoms with E-state index in [0.29, 0.717) is 12.2 Å². The van der Waals surface area contributed by atoms with E-state index in [1.165, 1.54) is 12.7 Å². The molecule has 0 bridgehead atoms. The molecule has 0 unspecified atom stereocenters. The molecule has 5 heteroatoms. The van der Waals surface area contributed by atoms with Crippen molar-refractivity contribution in [2.45, 2.75) is 26.2 Å². The molecule has 0 atom stereocenters. The molecule has 0 aliphatic carbocycles. The second-order valence-corrected chi connectivity index (χ2v) is 5.73. The highest BCUT2D eigenvalue weighted by molar-refractivity contribution is 5.91. The highest BCUT2D eigenvalue weighted by Crippen LogP contribution is 2.21. The minimum Gasteiger partial charge on any atom is -0.482 e. The molecule has 0 aliphatic rings. The summed E-state index contributed by atoms with van der Waals surface area (Å²) >= 11 is 0. The molecule has 2 aromatic carbocycles. The average Bonchev–Trinajstić information content (AvgIpc) is 2.62. The van der Waals surface area contributed by atoms with Crippen LogP contribution >= 0.6 is 0 Å². The summed E-state index contributed by atoms with van der Waals surface area (Å²) in [7, 11) is 1.31. The van der Waals surface area contributed by atoms with Crippen molar-refractivity contribution in [3.63, 3.8) is 0 Å². The number of hydrogen-bond donors (Lipinski definition) is 1. The third-order valence-corrected chi connectivity index (χ3v) is 3.77. The standard InChI is InChI=1S/C20H23NO4/c1-15-13-17(25-14-20(23)24-2)11-12-18(15)21-19(22)10-6-9-16-7-4-3-5-8-16/h3-5,7-8,11-13H,6,9-10,14H2,1-2H3,(H,21,22). The van der Waals surface area contributed by atoms with Crippen molar-refractivity contribution >= 4 is 17.6 Å². The predicted octanol–water partition coefficient (Wildman–Crippen LogP) is 3.51. The highest BCUT2D eigenvalue weighted by atomic mass is 16.6. The zero-order valence-corrected chi connectivity index (χ0v) is 14.6. The van der Waals surface area contributed by atoms with E-state index in [2.05, 4.69) is 22.2 Å². The first-order valence-corrected chi connectivity index (χ1v) is 8.22. The van der Waals surface area contributed by atoms with Gasteiger partial charge in [0.25, 0.3) is 0 Å². The van der Waals surface area contributed by atoms with E-state index in [-0.39, 0.29) is 12.5 Å². The molecular formula is C20H23NO4. The van der Waals surface area contributed by atoms with Crippen molar-refractivity contribution in [1.82, 2.24) is 0 Å². The SMILES string of the molecule is COC(=O)COc1ccc(NC(=O)CCCc2ccccc2)c(C)c1. The summed E-state index contributed by atoms with van der Waals surface area (Å²) in [5.41, 5.74) is 2.85. The lowest BCUT2D eigenvalue weighted by Crippen LogP contribution is -2.14. The fourth-order valence-electron chi connectivity index (χ4n) is 2.38. The van der Waals surface area contributed by atoms with Crippen LogP contribution in [0, 0.1) is 6.92 Å². The molecule has 0 aliphatic heterocycles. The molecule has 132 valence electrons. The molecule has 25 heavy (non-hydrogen) atoms. The first kappa shape index (κ1) is 18.5. The van der Waals surface area contributed by atoms with Crippen molar-refractivity contribution < 1.29 is 19.1 Å². The van der Waals surface area contributed by atoms with Crippen LogP contribution in [0.15, 0.2) is 48.5 Å². The Morgan fingerprint density at radius 1 is 1.08 bits per heavy atom. The minimum absolute atomic E-state index is 0.0118. The molecule has 1 amide bonds. The van der Waals surface area contributed by atoms with Gasteiger partial charge in [0, 0.05) is 12.1 Å². The van der Waals surface area contributed by atoms with Gasteiger partial charge in [-0.1, -0.05) is 30.3 Å². The zero-order chi connectivity index (χ0) is 18.1. The number of esters is 1. The lowest BCUT2D eigenvalue weighted by molar-refractivity contribution is -0.142. The van der Waals surface area contributed by atoms with Crippen molar-refractivity contribution in [2.75, 3.05) is 19.0 Å². The third-order valence-electron chi connectivity index (χ3n) is 3.77. The van der Waals surface area contributed by atoms with Gasteiger partial charge in [-0.2, -0.15) is 0 Å². The van der Waals surface area contributed by atoms with Crippen molar-refractivity contribution in [3.05, 3.63) is 59.7 Å². The van der Waals surface area contributed by atoms with Crippen LogP contribution in [0.5, 0.6) is 5.75 Å². The first-order valence-electron chi connectivity index (χ1n) is 8.22. The largest absolute Gasteiger partial charge is 0.482 e. The number of carbonyl (C=O) groups excluding carboxylic acids is 2. The summed E-state index contributed by atoms with van der Waals surface area (Å²) in [6.07, 6.45) is 2.15. The van der Waals surface area contributed by atoms with Crippen LogP contribution in [-0.2, 0) is 20.7 Å². The van der Waals surface area contributed by atoms with Gasteiger partial charge < -0.3 is 14.8 Å². The van der Waals surface area contributed by atoms with Crippen LogP contribution in [0.4, 0.5) is 5.69 Å². The van der Waals surface area contributed by atoms with Crippen LogP contribution in [0.2, 0.25) is 0 Å². The number of methoxy groups -OCH3 is 1. The maximum absolute atomic E-state index is 12.1. The van der Waals surface area contributed by atoms with Gasteiger partial charge in [0.1, 0.15) is 5.75 Å². The summed E-state index contributed by atoms with van der Waals surface area (Å²) in [6, 6.07) is 15.4. The number of ether oxygens (including phenoxy) is 2. The minimum atomic E-state index is -0.437. The molecule has 0 heterocycles. The molecular weight excluding hydrogens is 318 g/mol. The maximum atomic E-state index is 12.1. The van der Waals surface area contributed by atoms with Crippen molar-refractivity contribution in [1.29, 1.82) is 0 Å². The Hall–Kier alpha value is -2.82. The Kier molecular flexibility index (Phi) is 7.01. The Labute approximate surface area is 148 Å². The summed E-state index contributed by atoms with van der Waals surface area (Å²) in [5, 5.41) is 2.91. The Balaban J connectivity index is 1.80. The summed E-state index contributed by atoms with van der Waals surface area (Å²) in [5.74, 6) is 0.112. The zero-order valence-electron chi connectivity index (χ0n) is 14.6. The van der Waals surface area contributed by atoms with E-state index < -0.39 is 5.97 Å². The summed E-state index contributed by atoms with van der Waals surface area (Å²) < 4.78 is 9.85. The van der Waals surface area contributed by atoms with Crippen LogP contribution in [0.1, 0.15) is 24.0 Å². The molecule has 0 fully saturated rings. The van der Waals surface area contributed by atoms with Gasteiger partial charge in [-0.3, -0.25) is 4.79 Å². The van der Waals surface area contributed by atoms with Gasteiger partial charge in [0.15, 0.2) is 6.61 Å². The number of rotatable bonds is 8. The molecule has 0 saturated carbocycles. The van der Waals surface area contributed by atoms with Crippen LogP contribution < -0.4 is 10.1 Å². The molecule has 0 radical (unpaired) electrons. The van der Waals surface area contributed by atoms with Crippen LogP contribution in [0.25, 0.3) is 0 Å². The quantitative estimate of drug-likeness (QED) is 0.746. The normalized spacial score (nSPS) is 10.2. The molecule has 0 spiro atoms. The number of anilines is 1. The maximum Gasteiger partial charge on any atom is 0.343 e. The first-order chi connectivity index (χ1) is 12.1. The number of hydrogen-bond acceptors (Lipinski definition) is 4. The Bertz CT molecular complexity index is 713. The predicted molar refractivity (Wildman–Crippen MR) is 96.7 cm³/mol. The number of amides is 1. The van der Waals surface area contributed by atoms with E-state index >= 15 is 0 Å². The second-order valence-electron chi connectivity index (χ2n) is 5.73. The van der Waals surface area contributed by atoms with Gasteiger partial charge in [0.2, 0.25) is 5.91 Å². The van der Waals surface area contributed by atoms with Crippen LogP contribution in [-0.4, -0.2) is 25.6 Å². The molecule has 0 saturated heterocycles. The van der Waals surface area contributed by atoms with Gasteiger partial charge in [-0.15, -0.1) is 0 Å². The van der Waals surface area contributed by atoms with E-state index in [1.54, 1.807) is 18.2 Å². The average molecular weight is 341 g/mol. The van der Waals surface area contributed by atoms with Gasteiger partial charge >= 0.3 is 5.97 Å². The van der Waals surface area contributed by atoms with E-state index in [4.69, 9.17) is 4.74 Å². The number of aryl methyl sites for hydroxylation is 2. The van der Waals surface area contributed by atoms with Crippen molar-refractivity contribution in [3.8, 4) is 5.75 Å². The number of carbonyl (C=O) groups is 2. The Morgan fingerprint density at radius 3 is 2.52 bits per heavy atom. The van der Waals surface area contributed by atoms with Gasteiger partial charge in [-0.25, -0.2) is 4.79 Å². The van der Waals surface area contributed by atoms with Crippen LogP contribution in [0.3, 0.4) is 0 Å². The molecule has 0 aromatic heterocycles. The fraction of sp³-hybridized carbons (Fsp3) is 0.300. The van der Waals surface area contributed by atoms with Gasteiger partial charge in [-0.05, 0) is 49.1 Å². The van der Waals surface area contributed by atoms with Crippen molar-refractivity contribution in [2.24, 2.45) is 0 Å². The molecule has 2 rings (SSSR count). The lowest BCUT2D eigenvalue weighted by Gasteiger charge is -2.11. The van der Waals surface area contributed by atoms with E-state index in [1.807, 2.05) is 25.1 Å². The van der Waals surface area contributed by atoms with Gasteiger partial charge in [0.05, 0.1) is 7.11 Å². The molecule has 1 N–H and O–H groups in total. The number of nitrogens with one attached hydrogen (secondary N) is 1. The monoisotopic (exact) mass is 341 g/mol. The number of benzene rings is 2. The highest BCUT2D eigenvalue weighted by Gasteiger charge is 2.07. The molecule has 5 nitrogen and oxygen atoms in total. The third kappa shape index (κ3) is 6.30. The fourth-order valence-corrected chi connectivity index (χ4v) is 2.38. The summed E-state index contributed by atoms with van der Waals surface area (Å²) in [4.78, 5) is 23.2.